The third-order valence-electron chi connectivity index (χ3n) is 1.80. The van der Waals surface area contributed by atoms with Crippen molar-refractivity contribution in [1.82, 2.24) is 15.4 Å². The van der Waals surface area contributed by atoms with Gasteiger partial charge >= 0.3 is 0 Å². The third-order valence-corrected chi connectivity index (χ3v) is 1.80. The predicted molar refractivity (Wildman–Crippen MR) is 53.2 cm³/mol. The summed E-state index contributed by atoms with van der Waals surface area (Å²) in [7, 11) is 0. The molecule has 0 atom stereocenters. The SMILES string of the molecule is CC(C)=Cc1ccc2n[nH]nc2c1. The lowest BCUT2D eigenvalue weighted by Crippen LogP contribution is -1.74. The van der Waals surface area contributed by atoms with Crippen molar-refractivity contribution < 1.29 is 0 Å². The number of rotatable bonds is 1. The highest BCUT2D eigenvalue weighted by molar-refractivity contribution is 5.76. The number of hydrogen-bond acceptors (Lipinski definition) is 2. The van der Waals surface area contributed by atoms with Crippen LogP contribution in [-0.4, -0.2) is 15.4 Å². The first kappa shape index (κ1) is 7.98. The van der Waals surface area contributed by atoms with Gasteiger partial charge in [-0.05, 0) is 31.5 Å². The lowest BCUT2D eigenvalue weighted by molar-refractivity contribution is 0.959. The molecule has 66 valence electrons. The molecule has 0 aliphatic heterocycles. The normalized spacial score (nSPS) is 10.3. The largest absolute Gasteiger partial charge is 0.197 e. The zero-order valence-electron chi connectivity index (χ0n) is 7.70. The van der Waals surface area contributed by atoms with Crippen LogP contribution in [0.5, 0.6) is 0 Å². The second-order valence-electron chi connectivity index (χ2n) is 3.29. The van der Waals surface area contributed by atoms with Crippen molar-refractivity contribution in [3.8, 4) is 0 Å². The molecule has 0 radical (unpaired) electrons. The van der Waals surface area contributed by atoms with Crippen LogP contribution < -0.4 is 0 Å². The monoisotopic (exact) mass is 173 g/mol. The Balaban J connectivity index is 2.54. The first-order chi connectivity index (χ1) is 6.25. The van der Waals surface area contributed by atoms with E-state index in [1.165, 1.54) is 11.1 Å². The smallest absolute Gasteiger partial charge is 0.113 e. The number of benzene rings is 1. The maximum Gasteiger partial charge on any atom is 0.113 e. The zero-order chi connectivity index (χ0) is 9.26. The van der Waals surface area contributed by atoms with E-state index < -0.39 is 0 Å². The summed E-state index contributed by atoms with van der Waals surface area (Å²) < 4.78 is 0. The highest BCUT2D eigenvalue weighted by Gasteiger charge is 1.96. The van der Waals surface area contributed by atoms with Crippen molar-refractivity contribution in [2.24, 2.45) is 0 Å². The number of nitrogens with zero attached hydrogens (tertiary/aromatic N) is 2. The van der Waals surface area contributed by atoms with E-state index in [-0.39, 0.29) is 0 Å². The number of hydrogen-bond donors (Lipinski definition) is 1. The van der Waals surface area contributed by atoms with Crippen molar-refractivity contribution in [3.05, 3.63) is 29.3 Å². The van der Waals surface area contributed by atoms with Gasteiger partial charge in [-0.3, -0.25) is 0 Å². The van der Waals surface area contributed by atoms with Gasteiger partial charge in [-0.15, -0.1) is 0 Å². The predicted octanol–water partition coefficient (Wildman–Crippen LogP) is 2.38. The highest BCUT2D eigenvalue weighted by Crippen LogP contribution is 2.13. The molecule has 0 unspecified atom stereocenters. The van der Waals surface area contributed by atoms with Crippen LogP contribution in [-0.2, 0) is 0 Å². The van der Waals surface area contributed by atoms with Crippen LogP contribution in [0.25, 0.3) is 17.1 Å². The molecule has 3 nitrogen and oxygen atoms in total. The van der Waals surface area contributed by atoms with Crippen molar-refractivity contribution in [2.45, 2.75) is 13.8 Å². The van der Waals surface area contributed by atoms with Crippen molar-refractivity contribution in [3.63, 3.8) is 0 Å². The molecular formula is C10H11N3. The van der Waals surface area contributed by atoms with Crippen LogP contribution in [0.2, 0.25) is 0 Å². The first-order valence-electron chi connectivity index (χ1n) is 4.21. The van der Waals surface area contributed by atoms with Gasteiger partial charge in [0.15, 0.2) is 0 Å². The molecule has 1 aromatic carbocycles. The third kappa shape index (κ3) is 1.59. The van der Waals surface area contributed by atoms with Gasteiger partial charge in [0.1, 0.15) is 11.0 Å². The second-order valence-corrected chi connectivity index (χ2v) is 3.29. The molecule has 0 amide bonds. The standard InChI is InChI=1S/C10H11N3/c1-7(2)5-8-3-4-9-10(6-8)12-13-11-9/h3-6H,1-2H3,(H,11,12,13). The Bertz CT molecular complexity index is 450. The van der Waals surface area contributed by atoms with Crippen molar-refractivity contribution in [1.29, 1.82) is 0 Å². The minimum absolute atomic E-state index is 0.908. The molecule has 0 aliphatic carbocycles. The summed E-state index contributed by atoms with van der Waals surface area (Å²) >= 11 is 0. The lowest BCUT2D eigenvalue weighted by atomic mass is 10.1. The molecule has 1 heterocycles. The minimum Gasteiger partial charge on any atom is -0.197 e. The summed E-state index contributed by atoms with van der Waals surface area (Å²) in [5.74, 6) is 0. The zero-order valence-corrected chi connectivity index (χ0v) is 7.70. The molecule has 0 saturated heterocycles. The van der Waals surface area contributed by atoms with Crippen LogP contribution in [0.15, 0.2) is 23.8 Å². The van der Waals surface area contributed by atoms with E-state index in [9.17, 15) is 0 Å². The fraction of sp³-hybridized carbons (Fsp3) is 0.200. The lowest BCUT2D eigenvalue weighted by Gasteiger charge is -1.93. The summed E-state index contributed by atoms with van der Waals surface area (Å²) in [5.41, 5.74) is 4.27. The van der Waals surface area contributed by atoms with Crippen LogP contribution >= 0.6 is 0 Å². The Labute approximate surface area is 76.5 Å². The van der Waals surface area contributed by atoms with Crippen molar-refractivity contribution in [2.75, 3.05) is 0 Å². The second kappa shape index (κ2) is 3.01. The molecule has 0 bridgehead atoms. The van der Waals surface area contributed by atoms with Crippen LogP contribution in [0.4, 0.5) is 0 Å². The van der Waals surface area contributed by atoms with Gasteiger partial charge < -0.3 is 0 Å². The fourth-order valence-electron chi connectivity index (χ4n) is 1.28. The molecule has 0 aliphatic rings. The molecular weight excluding hydrogens is 162 g/mol. The molecule has 2 rings (SSSR count). The van der Waals surface area contributed by atoms with Crippen molar-refractivity contribution >= 4 is 17.1 Å². The van der Waals surface area contributed by atoms with E-state index in [2.05, 4.69) is 35.3 Å². The van der Waals surface area contributed by atoms with Gasteiger partial charge in [0.25, 0.3) is 0 Å². The molecule has 13 heavy (non-hydrogen) atoms. The Hall–Kier alpha value is -1.64. The van der Waals surface area contributed by atoms with Gasteiger partial charge in [0, 0.05) is 0 Å². The molecule has 1 aromatic heterocycles. The average Bonchev–Trinajstić information content (AvgIpc) is 2.49. The Morgan fingerprint density at radius 3 is 2.77 bits per heavy atom. The van der Waals surface area contributed by atoms with E-state index in [1.54, 1.807) is 0 Å². The number of aromatic amines is 1. The minimum atomic E-state index is 0.908. The number of nitrogens with one attached hydrogen (secondary N) is 1. The van der Waals surface area contributed by atoms with Gasteiger partial charge in [-0.2, -0.15) is 15.4 Å². The molecule has 2 aromatic rings. The van der Waals surface area contributed by atoms with Gasteiger partial charge in [0.2, 0.25) is 0 Å². The molecule has 1 N–H and O–H groups in total. The van der Waals surface area contributed by atoms with E-state index in [0.717, 1.165) is 11.0 Å². The molecule has 3 heteroatoms. The summed E-state index contributed by atoms with van der Waals surface area (Å²) in [6.07, 6.45) is 2.12. The van der Waals surface area contributed by atoms with Gasteiger partial charge in [0.05, 0.1) is 0 Å². The summed E-state index contributed by atoms with van der Waals surface area (Å²) in [6.45, 7) is 4.15. The summed E-state index contributed by atoms with van der Waals surface area (Å²) in [5, 5.41) is 10.6. The molecule has 0 spiro atoms. The number of aromatic nitrogens is 3. The van der Waals surface area contributed by atoms with Crippen LogP contribution in [0, 0.1) is 0 Å². The van der Waals surface area contributed by atoms with E-state index in [4.69, 9.17) is 0 Å². The van der Waals surface area contributed by atoms with E-state index >= 15 is 0 Å². The van der Waals surface area contributed by atoms with E-state index in [0.29, 0.717) is 0 Å². The Morgan fingerprint density at radius 2 is 2.00 bits per heavy atom. The maximum atomic E-state index is 4.02. The number of fused-ring (bicyclic) bond motifs is 1. The maximum absolute atomic E-state index is 4.02. The molecule has 0 fully saturated rings. The van der Waals surface area contributed by atoms with Crippen LogP contribution in [0.1, 0.15) is 19.4 Å². The van der Waals surface area contributed by atoms with E-state index in [1.807, 2.05) is 18.2 Å². The number of H-pyrrole nitrogens is 1. The highest BCUT2D eigenvalue weighted by atomic mass is 15.3. The first-order valence-corrected chi connectivity index (χ1v) is 4.21. The molecule has 0 saturated carbocycles. The Kier molecular flexibility index (Phi) is 1.85. The van der Waals surface area contributed by atoms with Gasteiger partial charge in [-0.25, -0.2) is 0 Å². The topological polar surface area (TPSA) is 41.6 Å². The number of allylic oxidation sites excluding steroid dienone is 1. The Morgan fingerprint density at radius 1 is 1.23 bits per heavy atom. The summed E-state index contributed by atoms with van der Waals surface area (Å²) in [6, 6.07) is 6.03. The quantitative estimate of drug-likeness (QED) is 0.719. The van der Waals surface area contributed by atoms with Gasteiger partial charge in [-0.1, -0.05) is 17.7 Å². The average molecular weight is 173 g/mol. The fourth-order valence-corrected chi connectivity index (χ4v) is 1.28. The summed E-state index contributed by atoms with van der Waals surface area (Å²) in [4.78, 5) is 0. The van der Waals surface area contributed by atoms with Crippen LogP contribution in [0.3, 0.4) is 0 Å².